The summed E-state index contributed by atoms with van der Waals surface area (Å²) in [6.45, 7) is -0.0887. The number of nitriles is 1. The number of carbonyl (C=O) groups is 1. The van der Waals surface area contributed by atoms with Crippen molar-refractivity contribution in [3.05, 3.63) is 64.3 Å². The van der Waals surface area contributed by atoms with E-state index in [1.54, 1.807) is 48.5 Å². The number of methoxy groups -OCH3 is 1. The molecular formula is C19H13ClN2O4. The average Bonchev–Trinajstić information content (AvgIpc) is 3.01. The number of carbonyl (C=O) groups excluding carboxylic acids is 1. The van der Waals surface area contributed by atoms with E-state index in [1.807, 2.05) is 6.07 Å². The summed E-state index contributed by atoms with van der Waals surface area (Å²) in [5.41, 5.74) is 1.36. The maximum atomic E-state index is 12.1. The van der Waals surface area contributed by atoms with Crippen LogP contribution >= 0.6 is 11.6 Å². The Balaban J connectivity index is 1.91. The number of rotatable bonds is 5. The molecule has 0 spiro atoms. The van der Waals surface area contributed by atoms with Crippen molar-refractivity contribution in [1.29, 1.82) is 5.26 Å². The van der Waals surface area contributed by atoms with Gasteiger partial charge in [0.25, 0.3) is 0 Å². The molecule has 26 heavy (non-hydrogen) atoms. The molecule has 7 heteroatoms. The van der Waals surface area contributed by atoms with Crippen LogP contribution in [0, 0.1) is 11.3 Å². The van der Waals surface area contributed by atoms with Crippen LogP contribution in [0.2, 0.25) is 5.02 Å². The quantitative estimate of drug-likeness (QED) is 0.595. The Morgan fingerprint density at radius 1 is 1.27 bits per heavy atom. The lowest BCUT2D eigenvalue weighted by Gasteiger charge is -2.08. The van der Waals surface area contributed by atoms with Gasteiger partial charge >= 0.3 is 5.97 Å². The maximum Gasteiger partial charge on any atom is 0.363 e. The summed E-state index contributed by atoms with van der Waals surface area (Å²) in [5, 5.41) is 9.05. The number of hydrogen-bond donors (Lipinski definition) is 0. The maximum absolute atomic E-state index is 12.1. The van der Waals surface area contributed by atoms with Gasteiger partial charge in [0.2, 0.25) is 5.90 Å². The van der Waals surface area contributed by atoms with Crippen LogP contribution in [0.4, 0.5) is 0 Å². The zero-order valence-corrected chi connectivity index (χ0v) is 14.5. The summed E-state index contributed by atoms with van der Waals surface area (Å²) < 4.78 is 15.7. The molecule has 6 nitrogen and oxygen atoms in total. The number of benzene rings is 2. The van der Waals surface area contributed by atoms with Gasteiger partial charge in [0.05, 0.1) is 17.7 Å². The van der Waals surface area contributed by atoms with Crippen LogP contribution < -0.4 is 9.47 Å². The first kappa shape index (κ1) is 17.5. The van der Waals surface area contributed by atoms with E-state index in [2.05, 4.69) is 4.99 Å². The van der Waals surface area contributed by atoms with Crippen LogP contribution in [0.15, 0.2) is 53.2 Å². The average molecular weight is 369 g/mol. The van der Waals surface area contributed by atoms with Gasteiger partial charge in [-0.1, -0.05) is 29.8 Å². The van der Waals surface area contributed by atoms with Gasteiger partial charge in [-0.2, -0.15) is 5.26 Å². The number of ether oxygens (including phenoxy) is 3. The van der Waals surface area contributed by atoms with Crippen LogP contribution in [0.1, 0.15) is 11.1 Å². The molecule has 0 amide bonds. The Kier molecular flexibility index (Phi) is 5.20. The van der Waals surface area contributed by atoms with E-state index < -0.39 is 5.97 Å². The van der Waals surface area contributed by atoms with Crippen molar-refractivity contribution in [3.63, 3.8) is 0 Å². The highest BCUT2D eigenvalue weighted by atomic mass is 35.5. The summed E-state index contributed by atoms with van der Waals surface area (Å²) in [5.74, 6) is 0.471. The number of hydrogen-bond acceptors (Lipinski definition) is 6. The van der Waals surface area contributed by atoms with Crippen molar-refractivity contribution in [3.8, 4) is 17.6 Å². The van der Waals surface area contributed by atoms with Gasteiger partial charge in [-0.3, -0.25) is 0 Å². The predicted molar refractivity (Wildman–Crippen MR) is 96.2 cm³/mol. The van der Waals surface area contributed by atoms with Gasteiger partial charge < -0.3 is 14.2 Å². The number of aliphatic imine (C=N–C) groups is 1. The fraction of sp³-hybridized carbons (Fsp3) is 0.105. The van der Waals surface area contributed by atoms with Crippen LogP contribution in [0.5, 0.6) is 11.5 Å². The molecule has 3 rings (SSSR count). The first-order valence-electron chi connectivity index (χ1n) is 7.57. The highest BCUT2D eigenvalue weighted by molar-refractivity contribution is 6.34. The van der Waals surface area contributed by atoms with Crippen molar-refractivity contribution in [2.24, 2.45) is 4.99 Å². The van der Waals surface area contributed by atoms with Crippen molar-refractivity contribution in [1.82, 2.24) is 0 Å². The monoisotopic (exact) mass is 368 g/mol. The summed E-state index contributed by atoms with van der Waals surface area (Å²) in [6, 6.07) is 13.9. The van der Waals surface area contributed by atoms with E-state index in [1.165, 1.54) is 7.11 Å². The molecule has 0 aliphatic carbocycles. The number of esters is 1. The van der Waals surface area contributed by atoms with Crippen molar-refractivity contribution < 1.29 is 19.0 Å². The topological polar surface area (TPSA) is 80.9 Å². The minimum Gasteiger partial charge on any atom is -0.493 e. The van der Waals surface area contributed by atoms with Crippen molar-refractivity contribution >= 4 is 29.5 Å². The normalized spacial score (nSPS) is 14.6. The molecule has 0 unspecified atom stereocenters. The fourth-order valence-corrected chi connectivity index (χ4v) is 2.54. The number of halogens is 1. The van der Waals surface area contributed by atoms with Gasteiger partial charge in [0.15, 0.2) is 23.8 Å². The van der Waals surface area contributed by atoms with Crippen molar-refractivity contribution in [2.45, 2.75) is 0 Å². The molecule has 1 aliphatic heterocycles. The van der Waals surface area contributed by atoms with Crippen LogP contribution in [0.25, 0.3) is 6.08 Å². The Morgan fingerprint density at radius 3 is 2.81 bits per heavy atom. The SMILES string of the molecule is COc1cc(/C=C2/N=C(c3ccccc3Cl)OC2=O)ccc1OCC#N. The molecule has 1 heterocycles. The Labute approximate surface area is 154 Å². The molecule has 0 radical (unpaired) electrons. The third kappa shape index (κ3) is 3.68. The Hall–Kier alpha value is -3.30. The molecule has 130 valence electrons. The molecule has 0 saturated carbocycles. The third-order valence-electron chi connectivity index (χ3n) is 3.51. The number of nitrogens with zero attached hydrogens (tertiary/aromatic N) is 2. The minimum absolute atomic E-state index is 0.0887. The third-order valence-corrected chi connectivity index (χ3v) is 3.84. The zero-order chi connectivity index (χ0) is 18.5. The molecular weight excluding hydrogens is 356 g/mol. The Morgan fingerprint density at radius 2 is 2.08 bits per heavy atom. The van der Waals surface area contributed by atoms with Crippen LogP contribution in [-0.4, -0.2) is 25.6 Å². The molecule has 0 N–H and O–H groups in total. The lowest BCUT2D eigenvalue weighted by Crippen LogP contribution is -2.05. The lowest BCUT2D eigenvalue weighted by atomic mass is 10.1. The van der Waals surface area contributed by atoms with Gasteiger partial charge in [-0.25, -0.2) is 9.79 Å². The first-order valence-corrected chi connectivity index (χ1v) is 7.95. The van der Waals surface area contributed by atoms with E-state index in [9.17, 15) is 4.79 Å². The molecule has 2 aromatic carbocycles. The fourth-order valence-electron chi connectivity index (χ4n) is 2.32. The Bertz CT molecular complexity index is 960. The largest absolute Gasteiger partial charge is 0.493 e. The summed E-state index contributed by atoms with van der Waals surface area (Å²) in [4.78, 5) is 16.3. The van der Waals surface area contributed by atoms with Gasteiger partial charge in [-0.15, -0.1) is 0 Å². The molecule has 0 atom stereocenters. The zero-order valence-electron chi connectivity index (χ0n) is 13.7. The van der Waals surface area contributed by atoms with E-state index >= 15 is 0 Å². The highest BCUT2D eigenvalue weighted by Gasteiger charge is 2.25. The minimum atomic E-state index is -0.566. The van der Waals surface area contributed by atoms with Gasteiger partial charge in [-0.05, 0) is 35.9 Å². The lowest BCUT2D eigenvalue weighted by molar-refractivity contribution is -0.129. The van der Waals surface area contributed by atoms with Crippen molar-refractivity contribution in [2.75, 3.05) is 13.7 Å². The summed E-state index contributed by atoms with van der Waals surface area (Å²) in [7, 11) is 1.49. The van der Waals surface area contributed by atoms with Gasteiger partial charge in [0, 0.05) is 0 Å². The second-order valence-corrected chi connectivity index (χ2v) is 5.58. The van der Waals surface area contributed by atoms with E-state index in [-0.39, 0.29) is 18.2 Å². The molecule has 2 aromatic rings. The van der Waals surface area contributed by atoms with Gasteiger partial charge in [0.1, 0.15) is 6.07 Å². The second kappa shape index (κ2) is 7.72. The first-order chi connectivity index (χ1) is 12.6. The molecule has 0 fully saturated rings. The molecule has 0 aromatic heterocycles. The standard InChI is InChI=1S/C19H13ClN2O4/c1-24-17-11-12(6-7-16(17)25-9-8-21)10-15-19(23)26-18(22-15)13-4-2-3-5-14(13)20/h2-7,10-11H,9H2,1H3/b15-10+. The molecule has 0 saturated heterocycles. The van der Waals surface area contributed by atoms with Crippen LogP contribution in [-0.2, 0) is 9.53 Å². The second-order valence-electron chi connectivity index (χ2n) is 5.17. The van der Waals surface area contributed by atoms with Crippen LogP contribution in [0.3, 0.4) is 0 Å². The smallest absolute Gasteiger partial charge is 0.363 e. The predicted octanol–water partition coefficient (Wildman–Crippen LogP) is 3.60. The summed E-state index contributed by atoms with van der Waals surface area (Å²) in [6.07, 6.45) is 1.57. The van der Waals surface area contributed by atoms with E-state index in [0.29, 0.717) is 27.6 Å². The molecule has 0 bridgehead atoms. The van der Waals surface area contributed by atoms with E-state index in [4.69, 9.17) is 31.1 Å². The van der Waals surface area contributed by atoms with E-state index in [0.717, 1.165) is 0 Å². The molecule has 1 aliphatic rings. The number of cyclic esters (lactones) is 1. The highest BCUT2D eigenvalue weighted by Crippen LogP contribution is 2.30. The summed E-state index contributed by atoms with van der Waals surface area (Å²) >= 11 is 6.11.